The van der Waals surface area contributed by atoms with Crippen LogP contribution in [0.1, 0.15) is 40.8 Å². The van der Waals surface area contributed by atoms with E-state index >= 15 is 0 Å². The molecule has 29 heavy (non-hydrogen) atoms. The molecule has 0 unspecified atom stereocenters. The maximum atomic E-state index is 12.9. The van der Waals surface area contributed by atoms with E-state index < -0.39 is 0 Å². The number of carbonyl (C=O) groups excluding carboxylic acids is 1. The van der Waals surface area contributed by atoms with Crippen LogP contribution >= 0.6 is 0 Å². The fourth-order valence-corrected chi connectivity index (χ4v) is 3.23. The number of pyridine rings is 1. The number of oxazole rings is 1. The van der Waals surface area contributed by atoms with Gasteiger partial charge >= 0.3 is 0 Å². The molecule has 1 saturated carbocycles. The second kappa shape index (κ2) is 7.01. The summed E-state index contributed by atoms with van der Waals surface area (Å²) >= 11 is 0. The minimum atomic E-state index is -0.286. The van der Waals surface area contributed by atoms with Crippen LogP contribution in [-0.2, 0) is 0 Å². The van der Waals surface area contributed by atoms with Crippen LogP contribution in [0.3, 0.4) is 0 Å². The first-order valence-corrected chi connectivity index (χ1v) is 9.53. The van der Waals surface area contributed by atoms with Crippen molar-refractivity contribution in [3.63, 3.8) is 0 Å². The molecule has 0 saturated heterocycles. The van der Waals surface area contributed by atoms with Gasteiger partial charge in [0.2, 0.25) is 5.89 Å². The molecular weight excluding hydrogens is 366 g/mol. The summed E-state index contributed by atoms with van der Waals surface area (Å²) in [5.41, 5.74) is 1.80. The van der Waals surface area contributed by atoms with E-state index in [0.717, 1.165) is 30.0 Å². The van der Waals surface area contributed by atoms with Gasteiger partial charge in [0.25, 0.3) is 5.91 Å². The van der Waals surface area contributed by atoms with Crippen molar-refractivity contribution in [2.45, 2.75) is 25.7 Å². The molecule has 1 aliphatic carbocycles. The minimum Gasteiger partial charge on any atom is -0.440 e. The van der Waals surface area contributed by atoms with Gasteiger partial charge in [-0.05, 0) is 44.0 Å². The van der Waals surface area contributed by atoms with Crippen LogP contribution in [0.15, 0.2) is 65.5 Å². The van der Waals surface area contributed by atoms with Gasteiger partial charge in [0.15, 0.2) is 5.69 Å². The van der Waals surface area contributed by atoms with Gasteiger partial charge < -0.3 is 9.73 Å². The van der Waals surface area contributed by atoms with Crippen molar-refractivity contribution >= 4 is 11.6 Å². The molecule has 0 aliphatic heterocycles. The summed E-state index contributed by atoms with van der Waals surface area (Å²) in [7, 11) is 0. The molecule has 0 atom stereocenters. The number of carbonyl (C=O) groups is 1. The summed E-state index contributed by atoms with van der Waals surface area (Å²) in [5, 5.41) is 2.88. The second-order valence-corrected chi connectivity index (χ2v) is 7.08. The van der Waals surface area contributed by atoms with E-state index in [2.05, 4.69) is 20.3 Å². The highest BCUT2D eigenvalue weighted by atomic mass is 16.4. The van der Waals surface area contributed by atoms with Gasteiger partial charge in [-0.3, -0.25) is 9.36 Å². The van der Waals surface area contributed by atoms with E-state index in [0.29, 0.717) is 23.0 Å². The van der Waals surface area contributed by atoms with Crippen molar-refractivity contribution in [2.24, 2.45) is 0 Å². The zero-order valence-corrected chi connectivity index (χ0v) is 15.9. The molecule has 7 nitrogen and oxygen atoms in total. The molecule has 1 aromatic carbocycles. The van der Waals surface area contributed by atoms with Crippen LogP contribution in [-0.4, -0.2) is 25.4 Å². The normalized spacial score (nSPS) is 13.4. The van der Waals surface area contributed by atoms with E-state index in [4.69, 9.17) is 4.42 Å². The van der Waals surface area contributed by atoms with Crippen LogP contribution < -0.4 is 5.32 Å². The van der Waals surface area contributed by atoms with Gasteiger partial charge in [0.1, 0.15) is 17.4 Å². The predicted molar refractivity (Wildman–Crippen MR) is 108 cm³/mol. The molecule has 7 heteroatoms. The summed E-state index contributed by atoms with van der Waals surface area (Å²) in [6, 6.07) is 13.3. The Morgan fingerprint density at radius 3 is 2.62 bits per heavy atom. The van der Waals surface area contributed by atoms with Crippen molar-refractivity contribution in [3.8, 4) is 17.3 Å². The fraction of sp³-hybridized carbons (Fsp3) is 0.182. The highest BCUT2D eigenvalue weighted by molar-refractivity contribution is 6.04. The van der Waals surface area contributed by atoms with Gasteiger partial charge in [0, 0.05) is 23.9 Å². The fourth-order valence-electron chi connectivity index (χ4n) is 3.23. The number of hydrogen-bond donors (Lipinski definition) is 1. The number of aromatic nitrogens is 4. The van der Waals surface area contributed by atoms with E-state index in [-0.39, 0.29) is 11.8 Å². The average molecular weight is 385 g/mol. The number of benzene rings is 1. The predicted octanol–water partition coefficient (Wildman–Crippen LogP) is 4.36. The number of rotatable bonds is 5. The maximum absolute atomic E-state index is 12.9. The van der Waals surface area contributed by atoms with Crippen LogP contribution in [0.2, 0.25) is 0 Å². The summed E-state index contributed by atoms with van der Waals surface area (Å²) in [6.07, 6.45) is 7.23. The number of nitrogens with zero attached hydrogens (tertiary/aromatic N) is 4. The standard InChI is InChI=1S/C22H19N5O2/c1-14-23-11-12-27(14)18-10-9-17(13-24-18)25-21(28)19-20(15-7-8-15)29-22(26-19)16-5-3-2-4-6-16/h2-6,9-13,15H,7-8H2,1H3,(H,25,28). The third-order valence-corrected chi connectivity index (χ3v) is 4.92. The topological polar surface area (TPSA) is 85.8 Å². The largest absolute Gasteiger partial charge is 0.440 e. The number of nitrogens with one attached hydrogen (secondary N) is 1. The molecule has 5 rings (SSSR count). The average Bonchev–Trinajstić information content (AvgIpc) is 3.35. The first-order chi connectivity index (χ1) is 14.2. The van der Waals surface area contributed by atoms with Gasteiger partial charge in [-0.1, -0.05) is 18.2 Å². The molecular formula is C22H19N5O2. The summed E-state index contributed by atoms with van der Waals surface area (Å²) in [5.74, 6) is 2.71. The summed E-state index contributed by atoms with van der Waals surface area (Å²) < 4.78 is 7.84. The van der Waals surface area contributed by atoms with Crippen molar-refractivity contribution in [1.29, 1.82) is 0 Å². The quantitative estimate of drug-likeness (QED) is 0.552. The van der Waals surface area contributed by atoms with Crippen LogP contribution in [0.25, 0.3) is 17.3 Å². The molecule has 3 aromatic heterocycles. The molecule has 4 aromatic rings. The van der Waals surface area contributed by atoms with E-state index in [1.165, 1.54) is 0 Å². The Balaban J connectivity index is 1.39. The highest BCUT2D eigenvalue weighted by Gasteiger charge is 2.34. The number of imidazole rings is 1. The Hall–Kier alpha value is -3.74. The van der Waals surface area contributed by atoms with E-state index in [9.17, 15) is 4.79 Å². The third-order valence-electron chi connectivity index (χ3n) is 4.92. The zero-order chi connectivity index (χ0) is 19.8. The Morgan fingerprint density at radius 2 is 1.97 bits per heavy atom. The van der Waals surface area contributed by atoms with Crippen molar-refractivity contribution in [1.82, 2.24) is 19.5 Å². The molecule has 3 heterocycles. The molecule has 1 fully saturated rings. The number of anilines is 1. The number of amides is 1. The van der Waals surface area contributed by atoms with Crippen LogP contribution in [0, 0.1) is 6.92 Å². The molecule has 1 aliphatic rings. The lowest BCUT2D eigenvalue weighted by atomic mass is 10.2. The van der Waals surface area contributed by atoms with E-state index in [1.54, 1.807) is 12.4 Å². The molecule has 0 radical (unpaired) electrons. The van der Waals surface area contributed by atoms with Gasteiger partial charge in [-0.2, -0.15) is 0 Å². The Kier molecular flexibility index (Phi) is 4.20. The Bertz CT molecular complexity index is 1160. The van der Waals surface area contributed by atoms with Crippen molar-refractivity contribution in [3.05, 3.63) is 78.3 Å². The first kappa shape index (κ1) is 17.4. The van der Waals surface area contributed by atoms with Crippen molar-refractivity contribution < 1.29 is 9.21 Å². The lowest BCUT2D eigenvalue weighted by molar-refractivity contribution is 0.102. The summed E-state index contributed by atoms with van der Waals surface area (Å²) in [4.78, 5) is 26.0. The van der Waals surface area contributed by atoms with Gasteiger partial charge in [-0.15, -0.1) is 0 Å². The molecule has 1 amide bonds. The number of hydrogen-bond acceptors (Lipinski definition) is 5. The minimum absolute atomic E-state index is 0.269. The highest BCUT2D eigenvalue weighted by Crippen LogP contribution is 2.43. The van der Waals surface area contributed by atoms with Gasteiger partial charge in [-0.25, -0.2) is 15.0 Å². The lowest BCUT2D eigenvalue weighted by Crippen LogP contribution is -2.14. The Morgan fingerprint density at radius 1 is 1.14 bits per heavy atom. The number of aryl methyl sites for hydroxylation is 1. The SMILES string of the molecule is Cc1nccn1-c1ccc(NC(=O)c2nc(-c3ccccc3)oc2C2CC2)cn1. The van der Waals surface area contributed by atoms with Gasteiger partial charge in [0.05, 0.1) is 11.9 Å². The zero-order valence-electron chi connectivity index (χ0n) is 15.9. The molecule has 1 N–H and O–H groups in total. The molecule has 0 bridgehead atoms. The second-order valence-electron chi connectivity index (χ2n) is 7.08. The molecule has 0 spiro atoms. The monoisotopic (exact) mass is 385 g/mol. The lowest BCUT2D eigenvalue weighted by Gasteiger charge is -2.07. The maximum Gasteiger partial charge on any atom is 0.277 e. The van der Waals surface area contributed by atoms with Crippen molar-refractivity contribution in [2.75, 3.05) is 5.32 Å². The molecule has 144 valence electrons. The summed E-state index contributed by atoms with van der Waals surface area (Å²) in [6.45, 7) is 1.91. The smallest absolute Gasteiger partial charge is 0.277 e. The van der Waals surface area contributed by atoms with E-state index in [1.807, 2.05) is 60.2 Å². The van der Waals surface area contributed by atoms with Crippen LogP contribution in [0.5, 0.6) is 0 Å². The first-order valence-electron chi connectivity index (χ1n) is 9.53. The van der Waals surface area contributed by atoms with Crippen LogP contribution in [0.4, 0.5) is 5.69 Å². The third kappa shape index (κ3) is 3.42. The Labute approximate surface area is 167 Å².